The number of halogens is 1. The van der Waals surface area contributed by atoms with Crippen molar-refractivity contribution in [3.05, 3.63) is 22.7 Å². The SMILES string of the molecule is CCOC(=O)CN(C)Cc1nnc(-c2ccc(Br)o2)o1. The van der Waals surface area contributed by atoms with Crippen LogP contribution in [0.1, 0.15) is 12.8 Å². The van der Waals surface area contributed by atoms with Crippen LogP contribution < -0.4 is 0 Å². The van der Waals surface area contributed by atoms with Crippen molar-refractivity contribution in [2.45, 2.75) is 13.5 Å². The Balaban J connectivity index is 1.94. The van der Waals surface area contributed by atoms with Crippen LogP contribution >= 0.6 is 15.9 Å². The van der Waals surface area contributed by atoms with Crippen molar-refractivity contribution in [3.63, 3.8) is 0 Å². The van der Waals surface area contributed by atoms with E-state index in [2.05, 4.69) is 26.1 Å². The fourth-order valence-electron chi connectivity index (χ4n) is 1.56. The highest BCUT2D eigenvalue weighted by Gasteiger charge is 2.15. The van der Waals surface area contributed by atoms with Gasteiger partial charge >= 0.3 is 5.97 Å². The number of aromatic nitrogens is 2. The number of rotatable bonds is 6. The van der Waals surface area contributed by atoms with Crippen LogP contribution in [0.3, 0.4) is 0 Å². The van der Waals surface area contributed by atoms with Crippen molar-refractivity contribution < 1.29 is 18.4 Å². The minimum atomic E-state index is -0.287. The lowest BCUT2D eigenvalue weighted by Crippen LogP contribution is -2.27. The number of likely N-dealkylation sites (N-methyl/N-ethyl adjacent to an activating group) is 1. The molecular weight excluding hydrogens is 330 g/mol. The van der Waals surface area contributed by atoms with E-state index < -0.39 is 0 Å². The molecule has 2 aromatic heterocycles. The predicted octanol–water partition coefficient (Wildman–Crippen LogP) is 2.09. The second kappa shape index (κ2) is 6.67. The number of ether oxygens (including phenoxy) is 1. The average Bonchev–Trinajstić information content (AvgIpc) is 2.98. The smallest absolute Gasteiger partial charge is 0.320 e. The highest BCUT2D eigenvalue weighted by Crippen LogP contribution is 2.23. The fraction of sp³-hybridized carbons (Fsp3) is 0.417. The van der Waals surface area contributed by atoms with Crippen LogP contribution in [-0.4, -0.2) is 41.3 Å². The maximum atomic E-state index is 11.3. The Labute approximate surface area is 124 Å². The Morgan fingerprint density at radius 2 is 2.20 bits per heavy atom. The second-order valence-electron chi connectivity index (χ2n) is 4.08. The zero-order chi connectivity index (χ0) is 14.5. The molecule has 2 aromatic rings. The maximum Gasteiger partial charge on any atom is 0.320 e. The molecule has 108 valence electrons. The molecule has 8 heteroatoms. The summed E-state index contributed by atoms with van der Waals surface area (Å²) in [6.07, 6.45) is 0. The molecule has 7 nitrogen and oxygen atoms in total. The monoisotopic (exact) mass is 343 g/mol. The van der Waals surface area contributed by atoms with E-state index in [1.54, 1.807) is 31.0 Å². The zero-order valence-electron chi connectivity index (χ0n) is 11.1. The predicted molar refractivity (Wildman–Crippen MR) is 72.7 cm³/mol. The summed E-state index contributed by atoms with van der Waals surface area (Å²) in [5.74, 6) is 0.905. The lowest BCUT2D eigenvalue weighted by atomic mass is 10.4. The van der Waals surface area contributed by atoms with E-state index in [0.29, 0.717) is 35.4 Å². The molecule has 0 saturated carbocycles. The largest absolute Gasteiger partial charge is 0.465 e. The zero-order valence-corrected chi connectivity index (χ0v) is 12.7. The Morgan fingerprint density at radius 1 is 1.40 bits per heavy atom. The maximum absolute atomic E-state index is 11.3. The van der Waals surface area contributed by atoms with E-state index in [1.165, 1.54) is 0 Å². The molecule has 20 heavy (non-hydrogen) atoms. The van der Waals surface area contributed by atoms with Gasteiger partial charge in [0.2, 0.25) is 5.89 Å². The number of esters is 1. The molecule has 0 atom stereocenters. The summed E-state index contributed by atoms with van der Waals surface area (Å²) in [6.45, 7) is 2.65. The van der Waals surface area contributed by atoms with Crippen LogP contribution in [0, 0.1) is 0 Å². The van der Waals surface area contributed by atoms with Gasteiger partial charge in [0.1, 0.15) is 0 Å². The van der Waals surface area contributed by atoms with Gasteiger partial charge in [-0.15, -0.1) is 10.2 Å². The molecule has 2 heterocycles. The standard InChI is InChI=1S/C12H14BrN3O4/c1-3-18-11(17)7-16(2)6-10-14-15-12(20-10)8-4-5-9(13)19-8/h4-5H,3,6-7H2,1-2H3. The first-order valence-corrected chi connectivity index (χ1v) is 6.80. The van der Waals surface area contributed by atoms with Gasteiger partial charge in [0.25, 0.3) is 5.89 Å². The molecule has 0 N–H and O–H groups in total. The van der Waals surface area contributed by atoms with Crippen molar-refractivity contribution in [3.8, 4) is 11.7 Å². The molecule has 0 aromatic carbocycles. The van der Waals surface area contributed by atoms with E-state index in [4.69, 9.17) is 13.6 Å². The lowest BCUT2D eigenvalue weighted by Gasteiger charge is -2.12. The van der Waals surface area contributed by atoms with E-state index in [9.17, 15) is 4.79 Å². The topological polar surface area (TPSA) is 81.6 Å². The third kappa shape index (κ3) is 3.91. The van der Waals surface area contributed by atoms with Crippen LogP contribution in [0.2, 0.25) is 0 Å². The third-order valence-corrected chi connectivity index (χ3v) is 2.79. The molecular formula is C12H14BrN3O4. The van der Waals surface area contributed by atoms with Crippen LogP contribution in [0.15, 0.2) is 25.6 Å². The van der Waals surface area contributed by atoms with Gasteiger partial charge < -0.3 is 13.6 Å². The van der Waals surface area contributed by atoms with E-state index >= 15 is 0 Å². The van der Waals surface area contributed by atoms with Gasteiger partial charge in [-0.2, -0.15) is 0 Å². The van der Waals surface area contributed by atoms with Gasteiger partial charge in [0.15, 0.2) is 10.4 Å². The molecule has 0 radical (unpaired) electrons. The molecule has 0 bridgehead atoms. The van der Waals surface area contributed by atoms with Crippen molar-refractivity contribution >= 4 is 21.9 Å². The first-order valence-electron chi connectivity index (χ1n) is 6.00. The molecule has 0 fully saturated rings. The quantitative estimate of drug-likeness (QED) is 0.742. The molecule has 0 aliphatic rings. The average molecular weight is 344 g/mol. The summed E-state index contributed by atoms with van der Waals surface area (Å²) in [4.78, 5) is 13.1. The summed E-state index contributed by atoms with van der Waals surface area (Å²) in [5.41, 5.74) is 0. The lowest BCUT2D eigenvalue weighted by molar-refractivity contribution is -0.144. The summed E-state index contributed by atoms with van der Waals surface area (Å²) >= 11 is 3.20. The molecule has 0 saturated heterocycles. The second-order valence-corrected chi connectivity index (χ2v) is 4.86. The molecule has 2 rings (SSSR count). The van der Waals surface area contributed by atoms with Crippen molar-refractivity contribution in [1.29, 1.82) is 0 Å². The van der Waals surface area contributed by atoms with Crippen molar-refractivity contribution in [2.75, 3.05) is 20.2 Å². The van der Waals surface area contributed by atoms with Crippen LogP contribution in [-0.2, 0) is 16.1 Å². The Kier molecular flexibility index (Phi) is 4.91. The van der Waals surface area contributed by atoms with E-state index in [0.717, 1.165) is 0 Å². The highest BCUT2D eigenvalue weighted by atomic mass is 79.9. The van der Waals surface area contributed by atoms with Crippen LogP contribution in [0.4, 0.5) is 0 Å². The molecule has 0 spiro atoms. The summed E-state index contributed by atoms with van der Waals surface area (Å²) < 4.78 is 16.2. The van der Waals surface area contributed by atoms with Gasteiger partial charge in [-0.25, -0.2) is 0 Å². The number of nitrogens with zero attached hydrogens (tertiary/aromatic N) is 3. The van der Waals surface area contributed by atoms with Gasteiger partial charge in [-0.1, -0.05) is 0 Å². The number of carbonyl (C=O) groups excluding carboxylic acids is 1. The number of hydrogen-bond donors (Lipinski definition) is 0. The minimum absolute atomic E-state index is 0.165. The van der Waals surface area contributed by atoms with Crippen molar-refractivity contribution in [2.24, 2.45) is 0 Å². The molecule has 0 aliphatic carbocycles. The number of hydrogen-bond acceptors (Lipinski definition) is 7. The van der Waals surface area contributed by atoms with E-state index in [-0.39, 0.29) is 12.5 Å². The van der Waals surface area contributed by atoms with Crippen LogP contribution in [0.25, 0.3) is 11.7 Å². The first kappa shape index (κ1) is 14.7. The molecule has 0 aliphatic heterocycles. The molecule has 0 amide bonds. The highest BCUT2D eigenvalue weighted by molar-refractivity contribution is 9.10. The summed E-state index contributed by atoms with van der Waals surface area (Å²) in [5, 5.41) is 7.80. The number of furan rings is 1. The summed E-state index contributed by atoms with van der Waals surface area (Å²) in [6, 6.07) is 3.47. The van der Waals surface area contributed by atoms with Crippen molar-refractivity contribution in [1.82, 2.24) is 15.1 Å². The van der Waals surface area contributed by atoms with Gasteiger partial charge in [0, 0.05) is 0 Å². The minimum Gasteiger partial charge on any atom is -0.465 e. The van der Waals surface area contributed by atoms with Crippen LogP contribution in [0.5, 0.6) is 0 Å². The molecule has 0 unspecified atom stereocenters. The number of carbonyl (C=O) groups is 1. The summed E-state index contributed by atoms with van der Waals surface area (Å²) in [7, 11) is 1.77. The fourth-order valence-corrected chi connectivity index (χ4v) is 1.87. The Bertz CT molecular complexity index is 581. The normalized spacial score (nSPS) is 11.0. The van der Waals surface area contributed by atoms with Gasteiger partial charge in [-0.05, 0) is 42.0 Å². The third-order valence-electron chi connectivity index (χ3n) is 2.36. The van der Waals surface area contributed by atoms with E-state index in [1.807, 2.05) is 0 Å². The van der Waals surface area contributed by atoms with Gasteiger partial charge in [0.05, 0.1) is 19.7 Å². The Hall–Kier alpha value is -1.67. The first-order chi connectivity index (χ1) is 9.58. The van der Waals surface area contributed by atoms with Gasteiger partial charge in [-0.3, -0.25) is 9.69 Å². The Morgan fingerprint density at radius 3 is 2.85 bits per heavy atom.